The molecule has 0 fully saturated rings. The van der Waals surface area contributed by atoms with Crippen molar-refractivity contribution in [3.63, 3.8) is 0 Å². The van der Waals surface area contributed by atoms with E-state index < -0.39 is 0 Å². The molecule has 9 heteroatoms. The lowest BCUT2D eigenvalue weighted by Gasteiger charge is -2.12. The number of aromatic nitrogens is 6. The smallest absolute Gasteiger partial charge is 0.183 e. The molecule has 4 rings (SSSR count). The molecular formula is C19H13ClN8. The molecule has 4 aromatic rings. The molecule has 28 heavy (non-hydrogen) atoms. The van der Waals surface area contributed by atoms with Gasteiger partial charge in [0.2, 0.25) is 0 Å². The van der Waals surface area contributed by atoms with Crippen LogP contribution in [-0.4, -0.2) is 36.5 Å². The van der Waals surface area contributed by atoms with E-state index in [9.17, 15) is 5.26 Å². The predicted molar refractivity (Wildman–Crippen MR) is 106 cm³/mol. The molecule has 0 spiro atoms. The normalized spacial score (nSPS) is 10.6. The molecule has 1 aromatic carbocycles. The monoisotopic (exact) mass is 388 g/mol. The summed E-state index contributed by atoms with van der Waals surface area (Å²) in [7, 11) is 1.81. The van der Waals surface area contributed by atoms with Gasteiger partial charge in [0.25, 0.3) is 0 Å². The fraction of sp³-hybridized carbons (Fsp3) is 0.105. The number of aryl methyl sites for hydroxylation is 1. The molecule has 2 N–H and O–H groups in total. The average molecular weight is 389 g/mol. The number of fused-ring (bicyclic) bond motifs is 1. The van der Waals surface area contributed by atoms with Crippen molar-refractivity contribution in [2.75, 3.05) is 11.9 Å². The Morgan fingerprint density at radius 3 is 2.89 bits per heavy atom. The highest BCUT2D eigenvalue weighted by Crippen LogP contribution is 2.34. The lowest BCUT2D eigenvalue weighted by atomic mass is 10.1. The molecule has 3 aromatic heterocycles. The van der Waals surface area contributed by atoms with Crippen molar-refractivity contribution in [1.29, 1.82) is 5.26 Å². The first-order valence-corrected chi connectivity index (χ1v) is 8.61. The SMILES string of the molecule is C#CCNc1nc(-c2ccn(C)n2)c(-c2cc(Cl)c3[nH]ncc3c2)nc1C#N. The van der Waals surface area contributed by atoms with Gasteiger partial charge in [0, 0.05) is 24.2 Å². The van der Waals surface area contributed by atoms with Gasteiger partial charge in [-0.15, -0.1) is 6.42 Å². The van der Waals surface area contributed by atoms with E-state index in [0.29, 0.717) is 33.5 Å². The van der Waals surface area contributed by atoms with Crippen molar-refractivity contribution in [3.8, 4) is 41.1 Å². The maximum atomic E-state index is 9.54. The minimum Gasteiger partial charge on any atom is -0.357 e. The molecule has 8 nitrogen and oxygen atoms in total. The zero-order valence-electron chi connectivity index (χ0n) is 14.7. The number of terminal acetylenes is 1. The van der Waals surface area contributed by atoms with Crippen molar-refractivity contribution in [3.05, 3.63) is 41.3 Å². The molecule has 0 aliphatic rings. The summed E-state index contributed by atoms with van der Waals surface area (Å²) in [6.45, 7) is 0.219. The lowest BCUT2D eigenvalue weighted by molar-refractivity contribution is 0.770. The van der Waals surface area contributed by atoms with E-state index in [1.165, 1.54) is 0 Å². The minimum atomic E-state index is 0.133. The largest absolute Gasteiger partial charge is 0.357 e. The molecule has 3 heterocycles. The van der Waals surface area contributed by atoms with Gasteiger partial charge in [0.15, 0.2) is 11.5 Å². The number of H-pyrrole nitrogens is 1. The number of halogens is 1. The summed E-state index contributed by atoms with van der Waals surface area (Å²) in [5, 5.41) is 25.1. The van der Waals surface area contributed by atoms with Crippen molar-refractivity contribution in [1.82, 2.24) is 29.9 Å². The van der Waals surface area contributed by atoms with Crippen LogP contribution in [0.5, 0.6) is 0 Å². The Kier molecular flexibility index (Phi) is 4.40. The number of aromatic amines is 1. The molecule has 0 aliphatic carbocycles. The van der Waals surface area contributed by atoms with Crippen molar-refractivity contribution >= 4 is 28.3 Å². The van der Waals surface area contributed by atoms with Gasteiger partial charge in [-0.05, 0) is 18.2 Å². The number of nitriles is 1. The van der Waals surface area contributed by atoms with Gasteiger partial charge >= 0.3 is 0 Å². The fourth-order valence-electron chi connectivity index (χ4n) is 2.84. The van der Waals surface area contributed by atoms with E-state index in [-0.39, 0.29) is 12.2 Å². The number of hydrogen-bond acceptors (Lipinski definition) is 6. The summed E-state index contributed by atoms with van der Waals surface area (Å²) in [6, 6.07) is 7.53. The fourth-order valence-corrected chi connectivity index (χ4v) is 3.11. The first-order valence-electron chi connectivity index (χ1n) is 8.23. The molecule has 0 radical (unpaired) electrons. The van der Waals surface area contributed by atoms with Gasteiger partial charge < -0.3 is 5.32 Å². The maximum absolute atomic E-state index is 9.54. The molecule has 0 bridgehead atoms. The average Bonchev–Trinajstić information content (AvgIpc) is 3.34. The van der Waals surface area contributed by atoms with Crippen molar-refractivity contribution in [2.45, 2.75) is 0 Å². The van der Waals surface area contributed by atoms with Gasteiger partial charge in [-0.1, -0.05) is 17.5 Å². The molecule has 136 valence electrons. The van der Waals surface area contributed by atoms with Crippen LogP contribution in [0, 0.1) is 23.7 Å². The van der Waals surface area contributed by atoms with E-state index in [2.05, 4.69) is 42.6 Å². The second-order valence-electron chi connectivity index (χ2n) is 5.95. The van der Waals surface area contributed by atoms with Crippen LogP contribution >= 0.6 is 11.6 Å². The van der Waals surface area contributed by atoms with Gasteiger partial charge in [-0.2, -0.15) is 15.5 Å². The van der Waals surface area contributed by atoms with Crippen LogP contribution < -0.4 is 5.32 Å². The molecule has 0 unspecified atom stereocenters. The number of nitrogens with one attached hydrogen (secondary N) is 2. The number of nitrogens with zero attached hydrogens (tertiary/aromatic N) is 6. The third-order valence-electron chi connectivity index (χ3n) is 4.09. The quantitative estimate of drug-likeness (QED) is 0.520. The molecular weight excluding hydrogens is 376 g/mol. The lowest BCUT2D eigenvalue weighted by Crippen LogP contribution is -2.08. The zero-order valence-corrected chi connectivity index (χ0v) is 15.5. The number of rotatable bonds is 4. The number of benzene rings is 1. The van der Waals surface area contributed by atoms with Gasteiger partial charge in [-0.3, -0.25) is 9.78 Å². The standard InChI is InChI=1S/C19H13ClN8/c1-3-5-22-19-15(9-21)24-17(18(25-19)14-4-6-28(2)27-14)11-7-12-10-23-26-16(12)13(20)8-11/h1,4,6-8,10H,5H2,2H3,(H,22,25)(H,23,26). The van der Waals surface area contributed by atoms with Gasteiger partial charge in [0.1, 0.15) is 23.2 Å². The van der Waals surface area contributed by atoms with Crippen LogP contribution in [0.2, 0.25) is 5.02 Å². The summed E-state index contributed by atoms with van der Waals surface area (Å²) >= 11 is 6.39. The maximum Gasteiger partial charge on any atom is 0.183 e. The zero-order chi connectivity index (χ0) is 19.7. The van der Waals surface area contributed by atoms with Crippen LogP contribution in [0.4, 0.5) is 5.82 Å². The number of hydrogen-bond donors (Lipinski definition) is 2. The van der Waals surface area contributed by atoms with Crippen LogP contribution in [-0.2, 0) is 7.05 Å². The van der Waals surface area contributed by atoms with Crippen LogP contribution in [0.15, 0.2) is 30.6 Å². The highest BCUT2D eigenvalue weighted by molar-refractivity contribution is 6.35. The molecule has 0 atom stereocenters. The van der Waals surface area contributed by atoms with Crippen LogP contribution in [0.1, 0.15) is 5.69 Å². The van der Waals surface area contributed by atoms with Gasteiger partial charge in [-0.25, -0.2) is 9.97 Å². The van der Waals surface area contributed by atoms with Crippen LogP contribution in [0.25, 0.3) is 33.5 Å². The Morgan fingerprint density at radius 2 is 2.18 bits per heavy atom. The minimum absolute atomic E-state index is 0.133. The van der Waals surface area contributed by atoms with Crippen molar-refractivity contribution in [2.24, 2.45) is 7.05 Å². The first-order chi connectivity index (χ1) is 13.6. The Balaban J connectivity index is 1.98. The number of anilines is 1. The Labute approximate surface area is 165 Å². The molecule has 0 saturated carbocycles. The Hall–Kier alpha value is -3.88. The summed E-state index contributed by atoms with van der Waals surface area (Å²) in [5.74, 6) is 2.77. The van der Waals surface area contributed by atoms with Crippen molar-refractivity contribution < 1.29 is 0 Å². The Bertz CT molecular complexity index is 1270. The Morgan fingerprint density at radius 1 is 1.32 bits per heavy atom. The summed E-state index contributed by atoms with van der Waals surface area (Å²) in [6.07, 6.45) is 8.80. The highest BCUT2D eigenvalue weighted by Gasteiger charge is 2.19. The van der Waals surface area contributed by atoms with E-state index >= 15 is 0 Å². The van der Waals surface area contributed by atoms with E-state index in [4.69, 9.17) is 18.0 Å². The molecule has 0 aliphatic heterocycles. The first kappa shape index (κ1) is 17.5. The summed E-state index contributed by atoms with van der Waals surface area (Å²) in [4.78, 5) is 9.14. The third-order valence-corrected chi connectivity index (χ3v) is 4.39. The van der Waals surface area contributed by atoms with E-state index in [1.807, 2.05) is 19.2 Å². The second-order valence-corrected chi connectivity index (χ2v) is 6.36. The second kappa shape index (κ2) is 7.03. The summed E-state index contributed by atoms with van der Waals surface area (Å²) in [5.41, 5.74) is 3.18. The van der Waals surface area contributed by atoms with Crippen LogP contribution in [0.3, 0.4) is 0 Å². The van der Waals surface area contributed by atoms with Gasteiger partial charge in [0.05, 0.1) is 23.3 Å². The molecule has 0 saturated heterocycles. The predicted octanol–water partition coefficient (Wildman–Crippen LogP) is 2.99. The van der Waals surface area contributed by atoms with E-state index in [1.54, 1.807) is 23.1 Å². The summed E-state index contributed by atoms with van der Waals surface area (Å²) < 4.78 is 1.67. The van der Waals surface area contributed by atoms with E-state index in [0.717, 1.165) is 10.9 Å². The highest BCUT2D eigenvalue weighted by atomic mass is 35.5. The third kappa shape index (κ3) is 3.02. The molecule has 0 amide bonds. The topological polar surface area (TPSA) is 108 Å².